The largest absolute Gasteiger partial charge is 0.496 e. The van der Waals surface area contributed by atoms with Crippen molar-refractivity contribution in [3.05, 3.63) is 51.7 Å². The van der Waals surface area contributed by atoms with Crippen LogP contribution in [0.4, 0.5) is 0 Å². The maximum Gasteiger partial charge on any atom is 0.251 e. The third kappa shape index (κ3) is 4.07. The standard InChI is InChI=1S/C20H27N3O3/c1-4-15-11-19(24)22-20(21-15)14-7-6-10-23(12-14)13-16-17(25-2)8-5-9-18(16)26-3/h5,8-9,11,14H,4,6-7,10,12-13H2,1-3H3,(H,21,22,24). The highest BCUT2D eigenvalue weighted by Gasteiger charge is 2.25. The minimum atomic E-state index is -0.0598. The van der Waals surface area contributed by atoms with Crippen LogP contribution in [0.2, 0.25) is 0 Å². The molecule has 0 spiro atoms. The summed E-state index contributed by atoms with van der Waals surface area (Å²) in [5, 5.41) is 0. The Bertz CT molecular complexity index is 781. The van der Waals surface area contributed by atoms with E-state index in [2.05, 4.69) is 14.9 Å². The number of methoxy groups -OCH3 is 2. The first-order chi connectivity index (χ1) is 12.6. The van der Waals surface area contributed by atoms with Crippen molar-refractivity contribution in [3.8, 4) is 11.5 Å². The highest BCUT2D eigenvalue weighted by molar-refractivity contribution is 5.44. The number of piperidine rings is 1. The molecule has 1 fully saturated rings. The van der Waals surface area contributed by atoms with Gasteiger partial charge in [-0.2, -0.15) is 0 Å². The Balaban J connectivity index is 1.80. The molecule has 6 heteroatoms. The number of rotatable bonds is 6. The van der Waals surface area contributed by atoms with Crippen molar-refractivity contribution in [1.29, 1.82) is 0 Å². The van der Waals surface area contributed by atoms with E-state index in [4.69, 9.17) is 9.47 Å². The van der Waals surface area contributed by atoms with Crippen LogP contribution < -0.4 is 15.0 Å². The molecule has 1 unspecified atom stereocenters. The first-order valence-electron chi connectivity index (χ1n) is 9.17. The van der Waals surface area contributed by atoms with Crippen molar-refractivity contribution in [2.24, 2.45) is 0 Å². The zero-order chi connectivity index (χ0) is 18.5. The molecule has 3 rings (SSSR count). The molecule has 0 saturated carbocycles. The van der Waals surface area contributed by atoms with Gasteiger partial charge < -0.3 is 14.5 Å². The summed E-state index contributed by atoms with van der Waals surface area (Å²) in [6.45, 7) is 4.64. The lowest BCUT2D eigenvalue weighted by atomic mass is 9.96. The number of ether oxygens (including phenoxy) is 2. The second-order valence-electron chi connectivity index (χ2n) is 6.69. The summed E-state index contributed by atoms with van der Waals surface area (Å²) in [4.78, 5) is 21.9. The molecule has 1 atom stereocenters. The van der Waals surface area contributed by atoms with Gasteiger partial charge in [0.15, 0.2) is 0 Å². The molecule has 2 aromatic rings. The Morgan fingerprint density at radius 2 is 2.00 bits per heavy atom. The Labute approximate surface area is 154 Å². The van der Waals surface area contributed by atoms with Gasteiger partial charge in [0.2, 0.25) is 0 Å². The van der Waals surface area contributed by atoms with Crippen molar-refractivity contribution in [1.82, 2.24) is 14.9 Å². The van der Waals surface area contributed by atoms with E-state index in [0.29, 0.717) is 0 Å². The van der Waals surface area contributed by atoms with Crippen LogP contribution in [0, 0.1) is 0 Å². The molecule has 0 bridgehead atoms. The van der Waals surface area contributed by atoms with Gasteiger partial charge >= 0.3 is 0 Å². The van der Waals surface area contributed by atoms with Gasteiger partial charge in [0.1, 0.15) is 17.3 Å². The fourth-order valence-electron chi connectivity index (χ4n) is 3.63. The van der Waals surface area contributed by atoms with Crippen molar-refractivity contribution in [2.75, 3.05) is 27.3 Å². The maximum absolute atomic E-state index is 11.9. The molecule has 140 valence electrons. The molecule has 0 aliphatic carbocycles. The fourth-order valence-corrected chi connectivity index (χ4v) is 3.63. The predicted molar refractivity (Wildman–Crippen MR) is 101 cm³/mol. The first kappa shape index (κ1) is 18.5. The summed E-state index contributed by atoms with van der Waals surface area (Å²) < 4.78 is 11.0. The van der Waals surface area contributed by atoms with Crippen molar-refractivity contribution >= 4 is 0 Å². The van der Waals surface area contributed by atoms with E-state index in [-0.39, 0.29) is 11.5 Å². The Morgan fingerprint density at radius 1 is 1.27 bits per heavy atom. The number of likely N-dealkylation sites (tertiary alicyclic amines) is 1. The van der Waals surface area contributed by atoms with Crippen LogP contribution in [0.1, 0.15) is 42.8 Å². The molecule has 1 aromatic carbocycles. The Hall–Kier alpha value is -2.34. The minimum absolute atomic E-state index is 0.0598. The number of benzene rings is 1. The lowest BCUT2D eigenvalue weighted by molar-refractivity contribution is 0.192. The predicted octanol–water partition coefficient (Wildman–Crippen LogP) is 2.73. The molecule has 1 aliphatic rings. The quantitative estimate of drug-likeness (QED) is 0.861. The van der Waals surface area contributed by atoms with Crippen LogP contribution in [0.5, 0.6) is 11.5 Å². The van der Waals surface area contributed by atoms with Crippen LogP contribution >= 0.6 is 0 Å². The second kappa shape index (κ2) is 8.36. The summed E-state index contributed by atoms with van der Waals surface area (Å²) in [6.07, 6.45) is 2.88. The summed E-state index contributed by atoms with van der Waals surface area (Å²) >= 11 is 0. The molecule has 1 aromatic heterocycles. The Kier molecular flexibility index (Phi) is 5.93. The smallest absolute Gasteiger partial charge is 0.251 e. The highest BCUT2D eigenvalue weighted by Crippen LogP contribution is 2.32. The van der Waals surface area contributed by atoms with Gasteiger partial charge in [-0.05, 0) is 37.9 Å². The fraction of sp³-hybridized carbons (Fsp3) is 0.500. The summed E-state index contributed by atoms with van der Waals surface area (Å²) in [5.74, 6) is 2.73. The van der Waals surface area contributed by atoms with Gasteiger partial charge in [0.05, 0.1) is 19.8 Å². The van der Waals surface area contributed by atoms with Crippen LogP contribution in [-0.4, -0.2) is 42.2 Å². The molecular weight excluding hydrogens is 330 g/mol. The molecule has 0 amide bonds. The van der Waals surface area contributed by atoms with Gasteiger partial charge in [-0.3, -0.25) is 9.69 Å². The van der Waals surface area contributed by atoms with Crippen molar-refractivity contribution < 1.29 is 9.47 Å². The molecule has 0 radical (unpaired) electrons. The van der Waals surface area contributed by atoms with Crippen LogP contribution in [0.15, 0.2) is 29.1 Å². The zero-order valence-electron chi connectivity index (χ0n) is 15.7. The Morgan fingerprint density at radius 3 is 2.65 bits per heavy atom. The molecule has 6 nitrogen and oxygen atoms in total. The lowest BCUT2D eigenvalue weighted by Crippen LogP contribution is -2.35. The zero-order valence-corrected chi connectivity index (χ0v) is 15.7. The van der Waals surface area contributed by atoms with E-state index in [9.17, 15) is 4.79 Å². The minimum Gasteiger partial charge on any atom is -0.496 e. The molecule has 1 N–H and O–H groups in total. The molecular formula is C20H27N3O3. The van der Waals surface area contributed by atoms with E-state index in [1.807, 2.05) is 25.1 Å². The van der Waals surface area contributed by atoms with E-state index in [1.165, 1.54) is 0 Å². The summed E-state index contributed by atoms with van der Waals surface area (Å²) in [6, 6.07) is 7.45. The van der Waals surface area contributed by atoms with Crippen LogP contribution in [0.25, 0.3) is 0 Å². The second-order valence-corrected chi connectivity index (χ2v) is 6.69. The average Bonchev–Trinajstić information content (AvgIpc) is 2.67. The number of hydrogen-bond acceptors (Lipinski definition) is 5. The number of aromatic nitrogens is 2. The van der Waals surface area contributed by atoms with Crippen LogP contribution in [0.3, 0.4) is 0 Å². The monoisotopic (exact) mass is 357 g/mol. The number of hydrogen-bond donors (Lipinski definition) is 1. The molecule has 1 saturated heterocycles. The van der Waals surface area contributed by atoms with Crippen LogP contribution in [-0.2, 0) is 13.0 Å². The van der Waals surface area contributed by atoms with Gasteiger partial charge in [-0.25, -0.2) is 4.98 Å². The van der Waals surface area contributed by atoms with E-state index in [0.717, 1.165) is 67.5 Å². The van der Waals surface area contributed by atoms with E-state index < -0.39 is 0 Å². The SMILES string of the molecule is CCc1cc(=O)[nH]c(C2CCCN(Cc3c(OC)cccc3OC)C2)n1. The van der Waals surface area contributed by atoms with E-state index in [1.54, 1.807) is 20.3 Å². The highest BCUT2D eigenvalue weighted by atomic mass is 16.5. The average molecular weight is 357 g/mol. The molecule has 26 heavy (non-hydrogen) atoms. The van der Waals surface area contributed by atoms with Gasteiger partial charge in [-0.15, -0.1) is 0 Å². The third-order valence-electron chi connectivity index (χ3n) is 4.98. The third-order valence-corrected chi connectivity index (χ3v) is 4.98. The first-order valence-corrected chi connectivity index (χ1v) is 9.17. The molecule has 2 heterocycles. The normalized spacial score (nSPS) is 17.9. The maximum atomic E-state index is 11.9. The van der Waals surface area contributed by atoms with E-state index >= 15 is 0 Å². The topological polar surface area (TPSA) is 67.5 Å². The molecule has 1 aliphatic heterocycles. The number of nitrogens with zero attached hydrogens (tertiary/aromatic N) is 2. The van der Waals surface area contributed by atoms with Gasteiger partial charge in [-0.1, -0.05) is 13.0 Å². The van der Waals surface area contributed by atoms with Gasteiger partial charge in [0.25, 0.3) is 5.56 Å². The number of aromatic amines is 1. The summed E-state index contributed by atoms with van der Waals surface area (Å²) in [7, 11) is 3.37. The van der Waals surface area contributed by atoms with Crippen molar-refractivity contribution in [3.63, 3.8) is 0 Å². The number of nitrogens with one attached hydrogen (secondary N) is 1. The van der Waals surface area contributed by atoms with Gasteiger partial charge in [0, 0.05) is 30.8 Å². The number of H-pyrrole nitrogens is 1. The number of aryl methyl sites for hydroxylation is 1. The lowest BCUT2D eigenvalue weighted by Gasteiger charge is -2.32. The van der Waals surface area contributed by atoms with Crippen molar-refractivity contribution in [2.45, 2.75) is 38.6 Å². The summed E-state index contributed by atoms with van der Waals surface area (Å²) in [5.41, 5.74) is 1.85.